The van der Waals surface area contributed by atoms with Gasteiger partial charge in [0, 0.05) is 37.5 Å². The Balaban J connectivity index is 1.19. The first-order chi connectivity index (χ1) is 24.9. The van der Waals surface area contributed by atoms with Crippen LogP contribution in [0.25, 0.3) is 5.69 Å². The number of alkyl halides is 3. The molecule has 2 saturated heterocycles. The molecule has 2 aliphatic rings. The fourth-order valence-electron chi connectivity index (χ4n) is 6.93. The predicted octanol–water partition coefficient (Wildman–Crippen LogP) is 6.36. The second kappa shape index (κ2) is 15.1. The number of aryl methyl sites for hydroxylation is 2. The summed E-state index contributed by atoms with van der Waals surface area (Å²) in [6, 6.07) is 16.2. The van der Waals surface area contributed by atoms with Crippen molar-refractivity contribution in [3.05, 3.63) is 89.2 Å². The number of nitrogens with two attached hydrogens (primary N) is 1. The number of aromatic nitrogens is 4. The molecule has 4 heterocycles. The van der Waals surface area contributed by atoms with Crippen LogP contribution in [-0.2, 0) is 27.3 Å². The van der Waals surface area contributed by atoms with Crippen LogP contribution < -0.4 is 15.4 Å². The highest BCUT2D eigenvalue weighted by atomic mass is 19.4. The van der Waals surface area contributed by atoms with Gasteiger partial charge in [0.15, 0.2) is 0 Å². The summed E-state index contributed by atoms with van der Waals surface area (Å²) >= 11 is 0. The number of nitrogen functional groups attached to an aromatic ring is 1. The minimum absolute atomic E-state index is 0.0650. The van der Waals surface area contributed by atoms with Gasteiger partial charge in [-0.2, -0.15) is 28.2 Å². The van der Waals surface area contributed by atoms with Crippen LogP contribution >= 0.6 is 0 Å². The maximum absolute atomic E-state index is 14.8. The van der Waals surface area contributed by atoms with Crippen LogP contribution in [0.1, 0.15) is 61.6 Å². The number of rotatable bonds is 10. The largest absolute Gasteiger partial charge is 0.464 e. The first-order valence-electron chi connectivity index (χ1n) is 17.3. The van der Waals surface area contributed by atoms with Crippen molar-refractivity contribution < 1.29 is 37.0 Å². The van der Waals surface area contributed by atoms with E-state index in [4.69, 9.17) is 19.9 Å². The molecule has 2 aliphatic heterocycles. The Morgan fingerprint density at radius 3 is 2.40 bits per heavy atom. The zero-order valence-electron chi connectivity index (χ0n) is 29.3. The zero-order chi connectivity index (χ0) is 37.0. The van der Waals surface area contributed by atoms with Crippen LogP contribution in [0, 0.1) is 12.3 Å². The summed E-state index contributed by atoms with van der Waals surface area (Å²) in [7, 11) is 0. The van der Waals surface area contributed by atoms with Gasteiger partial charge in [0.1, 0.15) is 18.5 Å². The summed E-state index contributed by atoms with van der Waals surface area (Å²) in [6.45, 7) is 6.78. The number of carbonyl (C=O) groups is 2. The standard InChI is InChI=1S/C37H42F3N7O5/c1-4-25-11-12-27(28(19-25)47-16-13-24(3)44-47)32(37(38,39)40)52-31-20-30(42-34(41)43-31)45-17-14-36(15-18-45)21-29(33(48)50-5-2)46(23-36)35(49)51-22-26-9-7-6-8-10-26/h6-13,16,19-20,29,32H,4-5,14-15,17-18,21-23H2,1-3H3,(H2,41,42,43)/t29-,32?/m0/s1. The quantitative estimate of drug-likeness (QED) is 0.184. The third-order valence-corrected chi connectivity index (χ3v) is 9.65. The first-order valence-corrected chi connectivity index (χ1v) is 17.3. The van der Waals surface area contributed by atoms with Gasteiger partial charge < -0.3 is 24.8 Å². The van der Waals surface area contributed by atoms with Gasteiger partial charge in [0.25, 0.3) is 0 Å². The van der Waals surface area contributed by atoms with E-state index < -0.39 is 35.8 Å². The smallest absolute Gasteiger partial charge is 0.429 e. The fraction of sp³-hybridized carbons (Fsp3) is 0.432. The second-order valence-corrected chi connectivity index (χ2v) is 13.2. The highest BCUT2D eigenvalue weighted by Gasteiger charge is 2.51. The molecular weight excluding hydrogens is 679 g/mol. The molecule has 276 valence electrons. The molecule has 15 heteroatoms. The highest BCUT2D eigenvalue weighted by Crippen LogP contribution is 2.45. The average Bonchev–Trinajstić information content (AvgIpc) is 3.73. The van der Waals surface area contributed by atoms with E-state index in [0.717, 1.165) is 11.1 Å². The fourth-order valence-corrected chi connectivity index (χ4v) is 6.93. The van der Waals surface area contributed by atoms with E-state index in [1.54, 1.807) is 38.2 Å². The summed E-state index contributed by atoms with van der Waals surface area (Å²) < 4.78 is 62.2. The molecule has 1 unspecified atom stereocenters. The van der Waals surface area contributed by atoms with Gasteiger partial charge in [0.2, 0.25) is 17.9 Å². The zero-order valence-corrected chi connectivity index (χ0v) is 29.3. The number of hydrogen-bond donors (Lipinski definition) is 1. The molecule has 52 heavy (non-hydrogen) atoms. The maximum Gasteiger partial charge on any atom is 0.429 e. The van der Waals surface area contributed by atoms with Crippen molar-refractivity contribution in [1.29, 1.82) is 0 Å². The highest BCUT2D eigenvalue weighted by molar-refractivity contribution is 5.82. The van der Waals surface area contributed by atoms with Gasteiger partial charge in [-0.05, 0) is 68.2 Å². The Morgan fingerprint density at radius 2 is 1.75 bits per heavy atom. The lowest BCUT2D eigenvalue weighted by atomic mass is 9.76. The van der Waals surface area contributed by atoms with E-state index in [2.05, 4.69) is 15.1 Å². The lowest BCUT2D eigenvalue weighted by Crippen LogP contribution is -2.43. The molecule has 2 atom stereocenters. The lowest BCUT2D eigenvalue weighted by Gasteiger charge is -2.39. The topological polar surface area (TPSA) is 138 Å². The molecule has 1 spiro atoms. The van der Waals surface area contributed by atoms with Crippen LogP contribution in [0.3, 0.4) is 0 Å². The number of halogens is 3. The number of ether oxygens (including phenoxy) is 3. The van der Waals surface area contributed by atoms with Crippen LogP contribution in [-0.4, -0.2) is 75.2 Å². The molecule has 2 N–H and O–H groups in total. The second-order valence-electron chi connectivity index (χ2n) is 13.2. The monoisotopic (exact) mass is 721 g/mol. The molecule has 2 fully saturated rings. The Kier molecular flexibility index (Phi) is 10.6. The number of esters is 1. The van der Waals surface area contributed by atoms with Gasteiger partial charge in [0.05, 0.1) is 18.0 Å². The summed E-state index contributed by atoms with van der Waals surface area (Å²) in [5.41, 5.74) is 8.05. The van der Waals surface area contributed by atoms with Crippen LogP contribution in [0.2, 0.25) is 0 Å². The minimum Gasteiger partial charge on any atom is -0.464 e. The molecule has 0 bridgehead atoms. The predicted molar refractivity (Wildman–Crippen MR) is 186 cm³/mol. The lowest BCUT2D eigenvalue weighted by molar-refractivity contribution is -0.198. The van der Waals surface area contributed by atoms with E-state index >= 15 is 0 Å². The van der Waals surface area contributed by atoms with E-state index in [1.165, 1.54) is 21.7 Å². The normalized spacial score (nSPS) is 17.6. The summed E-state index contributed by atoms with van der Waals surface area (Å²) in [6.07, 6.45) is -4.04. The number of nitrogens with zero attached hydrogens (tertiary/aromatic N) is 6. The van der Waals surface area contributed by atoms with Crippen LogP contribution in [0.4, 0.5) is 29.7 Å². The molecule has 6 rings (SSSR count). The van der Waals surface area contributed by atoms with E-state index in [1.807, 2.05) is 42.2 Å². The van der Waals surface area contributed by atoms with Gasteiger partial charge in [-0.15, -0.1) is 0 Å². The Bertz CT molecular complexity index is 1880. The molecular formula is C37H42F3N7O5. The minimum atomic E-state index is -4.81. The van der Waals surface area contributed by atoms with Gasteiger partial charge in [-0.3, -0.25) is 4.90 Å². The Morgan fingerprint density at radius 1 is 1.00 bits per heavy atom. The molecule has 0 aliphatic carbocycles. The molecule has 2 aromatic carbocycles. The number of likely N-dealkylation sites (tertiary alicyclic amines) is 1. The molecule has 1 amide bonds. The Labute approximate surface area is 299 Å². The molecule has 12 nitrogen and oxygen atoms in total. The Hall–Kier alpha value is -5.34. The van der Waals surface area contributed by atoms with Crippen molar-refractivity contribution in [2.75, 3.05) is 36.9 Å². The van der Waals surface area contributed by atoms with Crippen molar-refractivity contribution >= 4 is 23.8 Å². The first kappa shape index (κ1) is 36.5. The molecule has 0 radical (unpaired) electrons. The average molecular weight is 722 g/mol. The van der Waals surface area contributed by atoms with Gasteiger partial charge >= 0.3 is 18.2 Å². The van der Waals surface area contributed by atoms with E-state index in [9.17, 15) is 22.8 Å². The number of amides is 1. The van der Waals surface area contributed by atoms with Crippen molar-refractivity contribution in [2.45, 2.75) is 71.4 Å². The van der Waals surface area contributed by atoms with Crippen LogP contribution in [0.5, 0.6) is 5.88 Å². The molecule has 2 aromatic heterocycles. The number of carbonyl (C=O) groups excluding carboxylic acids is 2. The number of benzene rings is 2. The van der Waals surface area contributed by atoms with Crippen molar-refractivity contribution in [3.8, 4) is 11.6 Å². The van der Waals surface area contributed by atoms with E-state index in [-0.39, 0.29) is 36.3 Å². The third kappa shape index (κ3) is 8.08. The summed E-state index contributed by atoms with van der Waals surface area (Å²) in [4.78, 5) is 38.0. The summed E-state index contributed by atoms with van der Waals surface area (Å²) in [5.74, 6) is -0.753. The number of hydrogen-bond acceptors (Lipinski definition) is 10. The number of anilines is 2. The molecule has 0 saturated carbocycles. The van der Waals surface area contributed by atoms with Crippen molar-refractivity contribution in [1.82, 2.24) is 24.6 Å². The SMILES string of the molecule is CCOC(=O)[C@@H]1CC2(CCN(c3cc(OC(c4ccc(CC)cc4-n4ccc(C)n4)C(F)(F)F)nc(N)n3)CC2)CN1C(=O)OCc1ccccc1. The molecule has 4 aromatic rings. The number of piperidine rings is 1. The van der Waals surface area contributed by atoms with E-state index in [0.29, 0.717) is 56.8 Å². The van der Waals surface area contributed by atoms with Crippen molar-refractivity contribution in [2.24, 2.45) is 5.41 Å². The van der Waals surface area contributed by atoms with Gasteiger partial charge in [-0.25, -0.2) is 14.3 Å². The van der Waals surface area contributed by atoms with Crippen molar-refractivity contribution in [3.63, 3.8) is 0 Å². The third-order valence-electron chi connectivity index (χ3n) is 9.65. The van der Waals surface area contributed by atoms with Gasteiger partial charge in [-0.1, -0.05) is 49.4 Å². The maximum atomic E-state index is 14.8. The summed E-state index contributed by atoms with van der Waals surface area (Å²) in [5, 5.41) is 4.35. The van der Waals surface area contributed by atoms with Crippen LogP contribution in [0.15, 0.2) is 66.9 Å².